The molecule has 1 aromatic carbocycles. The number of anilines is 2. The predicted octanol–water partition coefficient (Wildman–Crippen LogP) is 3.05. The molecule has 0 amide bonds. The fraction of sp³-hybridized carbons (Fsp3) is 0.320. The third kappa shape index (κ3) is 3.91. The van der Waals surface area contributed by atoms with E-state index in [1.165, 1.54) is 12.4 Å². The first kappa shape index (κ1) is 23.7. The van der Waals surface area contributed by atoms with E-state index in [4.69, 9.17) is 0 Å². The van der Waals surface area contributed by atoms with Crippen LogP contribution < -0.4 is 10.2 Å². The summed E-state index contributed by atoms with van der Waals surface area (Å²) in [6.07, 6.45) is 7.43. The lowest BCUT2D eigenvalue weighted by Crippen LogP contribution is -2.28. The van der Waals surface area contributed by atoms with Crippen LogP contribution in [-0.2, 0) is 10.0 Å². The molecule has 0 radical (unpaired) electrons. The van der Waals surface area contributed by atoms with E-state index in [1.807, 2.05) is 7.05 Å². The van der Waals surface area contributed by atoms with Crippen LogP contribution in [0.4, 0.5) is 20.3 Å². The van der Waals surface area contributed by atoms with Gasteiger partial charge in [0.1, 0.15) is 11.5 Å². The first-order chi connectivity index (χ1) is 17.8. The van der Waals surface area contributed by atoms with Gasteiger partial charge in [0.05, 0.1) is 34.7 Å². The summed E-state index contributed by atoms with van der Waals surface area (Å²) in [5, 5.41) is 3.45. The van der Waals surface area contributed by atoms with Crippen molar-refractivity contribution in [3.05, 3.63) is 60.8 Å². The van der Waals surface area contributed by atoms with Gasteiger partial charge in [0.25, 0.3) is 10.0 Å². The second-order valence-electron chi connectivity index (χ2n) is 9.66. The topological polar surface area (TPSA) is 96.2 Å². The monoisotopic (exact) mass is 525 g/mol. The minimum atomic E-state index is -4.31. The van der Waals surface area contributed by atoms with Crippen LogP contribution in [0.25, 0.3) is 22.2 Å². The highest BCUT2D eigenvalue weighted by Gasteiger charge is 2.40. The fourth-order valence-corrected chi connectivity index (χ4v) is 6.92. The van der Waals surface area contributed by atoms with Gasteiger partial charge in [-0.3, -0.25) is 9.97 Å². The predicted molar refractivity (Wildman–Crippen MR) is 136 cm³/mol. The normalized spacial score (nSPS) is 20.1. The van der Waals surface area contributed by atoms with E-state index < -0.39 is 26.6 Å². The minimum Gasteiger partial charge on any atom is -0.372 e. The van der Waals surface area contributed by atoms with Crippen LogP contribution >= 0.6 is 0 Å². The Labute approximate surface area is 212 Å². The molecular formula is C25H25F2N7O2S. The highest BCUT2D eigenvalue weighted by molar-refractivity contribution is 7.90. The fourth-order valence-electron chi connectivity index (χ4n) is 5.56. The molecular weight excluding hydrogens is 500 g/mol. The van der Waals surface area contributed by atoms with E-state index >= 15 is 8.78 Å². The summed E-state index contributed by atoms with van der Waals surface area (Å²) in [5.74, 6) is -0.497. The maximum atomic E-state index is 15.3. The number of aromatic nitrogens is 4. The Bertz CT molecular complexity index is 1570. The number of fused-ring (bicyclic) bond motifs is 2. The van der Waals surface area contributed by atoms with Crippen molar-refractivity contribution in [2.45, 2.75) is 4.90 Å². The summed E-state index contributed by atoms with van der Waals surface area (Å²) in [7, 11) is -0.546. The van der Waals surface area contributed by atoms with E-state index in [0.29, 0.717) is 47.4 Å². The van der Waals surface area contributed by atoms with Crippen molar-refractivity contribution in [1.82, 2.24) is 23.8 Å². The van der Waals surface area contributed by atoms with E-state index in [0.717, 1.165) is 29.2 Å². The summed E-state index contributed by atoms with van der Waals surface area (Å²) in [5.41, 5.74) is 1.19. The molecule has 2 saturated heterocycles. The Morgan fingerprint density at radius 3 is 2.30 bits per heavy atom. The second kappa shape index (κ2) is 8.73. The molecule has 2 atom stereocenters. The lowest BCUT2D eigenvalue weighted by molar-refractivity contribution is 0.386. The Kier molecular flexibility index (Phi) is 5.60. The van der Waals surface area contributed by atoms with E-state index in [9.17, 15) is 8.42 Å². The van der Waals surface area contributed by atoms with Crippen molar-refractivity contribution >= 4 is 32.4 Å². The van der Waals surface area contributed by atoms with Gasteiger partial charge in [0.2, 0.25) is 0 Å². The van der Waals surface area contributed by atoms with Crippen molar-refractivity contribution in [2.24, 2.45) is 11.8 Å². The SMILES string of the molecule is CNc1cnc(-c2cncc3c2ccn3S(=O)(=O)c2cc(F)c(N3CC4CN(C)CC4C3)c(F)c2)cn1. The molecule has 2 fully saturated rings. The highest BCUT2D eigenvalue weighted by atomic mass is 32.2. The average Bonchev–Trinajstić information content (AvgIpc) is 3.56. The van der Waals surface area contributed by atoms with E-state index in [2.05, 4.69) is 25.2 Å². The Morgan fingerprint density at radius 1 is 0.973 bits per heavy atom. The number of pyridine rings is 1. The Morgan fingerprint density at radius 2 is 1.68 bits per heavy atom. The number of nitrogens with zero attached hydrogens (tertiary/aromatic N) is 6. The summed E-state index contributed by atoms with van der Waals surface area (Å²) in [6, 6.07) is 3.41. The van der Waals surface area contributed by atoms with Gasteiger partial charge in [0, 0.05) is 56.6 Å². The summed E-state index contributed by atoms with van der Waals surface area (Å²) >= 11 is 0. The Hall–Kier alpha value is -3.64. The maximum absolute atomic E-state index is 15.3. The summed E-state index contributed by atoms with van der Waals surface area (Å²) in [6.45, 7) is 2.87. The molecule has 6 rings (SSSR count). The summed E-state index contributed by atoms with van der Waals surface area (Å²) in [4.78, 5) is 16.3. The standard InChI is InChI=1S/C25H25F2N7O2S/c1-28-24-10-30-22(8-31-24)19-7-29-9-23-18(19)3-4-34(23)37(35,36)17-5-20(26)25(21(27)6-17)33-13-15-11-32(2)12-16(15)14-33/h3-10,15-16H,11-14H2,1-2H3,(H,28,31). The maximum Gasteiger partial charge on any atom is 0.268 e. The number of halogens is 2. The second-order valence-corrected chi connectivity index (χ2v) is 11.5. The molecule has 3 aromatic heterocycles. The number of hydrogen-bond donors (Lipinski definition) is 1. The van der Waals surface area contributed by atoms with Gasteiger partial charge in [-0.1, -0.05) is 0 Å². The molecule has 2 aliphatic heterocycles. The number of rotatable bonds is 5. The molecule has 12 heteroatoms. The third-order valence-corrected chi connectivity index (χ3v) is 8.96. The van der Waals surface area contributed by atoms with Crippen molar-refractivity contribution < 1.29 is 17.2 Å². The van der Waals surface area contributed by atoms with Crippen LogP contribution in [0, 0.1) is 23.5 Å². The van der Waals surface area contributed by atoms with Gasteiger partial charge in [-0.2, -0.15) is 0 Å². The zero-order valence-corrected chi connectivity index (χ0v) is 21.1. The largest absolute Gasteiger partial charge is 0.372 e. The third-order valence-electron chi connectivity index (χ3n) is 7.30. The van der Waals surface area contributed by atoms with Crippen LogP contribution in [-0.4, -0.2) is 72.5 Å². The highest BCUT2D eigenvalue weighted by Crippen LogP contribution is 2.37. The number of nitrogens with one attached hydrogen (secondary N) is 1. The Balaban J connectivity index is 1.36. The number of hydrogen-bond acceptors (Lipinski definition) is 8. The number of likely N-dealkylation sites (tertiary alicyclic amines) is 1. The summed E-state index contributed by atoms with van der Waals surface area (Å²) < 4.78 is 58.5. The molecule has 0 saturated carbocycles. The first-order valence-corrected chi connectivity index (χ1v) is 13.3. The van der Waals surface area contributed by atoms with Crippen molar-refractivity contribution in [3.63, 3.8) is 0 Å². The average molecular weight is 526 g/mol. The molecule has 4 aromatic rings. The van der Waals surface area contributed by atoms with Gasteiger partial charge >= 0.3 is 0 Å². The minimum absolute atomic E-state index is 0.166. The van der Waals surface area contributed by atoms with Crippen LogP contribution in [0.1, 0.15) is 0 Å². The van der Waals surface area contributed by atoms with Crippen LogP contribution in [0.3, 0.4) is 0 Å². The van der Waals surface area contributed by atoms with Gasteiger partial charge in [-0.25, -0.2) is 26.2 Å². The number of benzene rings is 1. The zero-order valence-electron chi connectivity index (χ0n) is 20.3. The first-order valence-electron chi connectivity index (χ1n) is 11.9. The quantitative estimate of drug-likeness (QED) is 0.425. The van der Waals surface area contributed by atoms with Crippen molar-refractivity contribution in [3.8, 4) is 11.3 Å². The van der Waals surface area contributed by atoms with Gasteiger partial charge in [-0.05, 0) is 37.1 Å². The molecule has 9 nitrogen and oxygen atoms in total. The molecule has 1 N–H and O–H groups in total. The van der Waals surface area contributed by atoms with Gasteiger partial charge < -0.3 is 15.1 Å². The zero-order chi connectivity index (χ0) is 25.9. The van der Waals surface area contributed by atoms with Crippen molar-refractivity contribution in [1.29, 1.82) is 0 Å². The van der Waals surface area contributed by atoms with Crippen LogP contribution in [0.15, 0.2) is 54.1 Å². The molecule has 0 bridgehead atoms. The van der Waals surface area contributed by atoms with Crippen molar-refractivity contribution in [2.75, 3.05) is 50.5 Å². The smallest absolute Gasteiger partial charge is 0.268 e. The van der Waals surface area contributed by atoms with Gasteiger partial charge in [-0.15, -0.1) is 0 Å². The van der Waals surface area contributed by atoms with Crippen LogP contribution in [0.2, 0.25) is 0 Å². The molecule has 5 heterocycles. The van der Waals surface area contributed by atoms with E-state index in [1.54, 1.807) is 36.6 Å². The van der Waals surface area contributed by atoms with Gasteiger partial charge in [0.15, 0.2) is 11.6 Å². The molecule has 2 unspecified atom stereocenters. The molecule has 192 valence electrons. The van der Waals surface area contributed by atoms with E-state index in [-0.39, 0.29) is 11.2 Å². The molecule has 2 aliphatic rings. The molecule has 37 heavy (non-hydrogen) atoms. The molecule has 0 aliphatic carbocycles. The lowest BCUT2D eigenvalue weighted by Gasteiger charge is -2.23. The van der Waals surface area contributed by atoms with Crippen LogP contribution in [0.5, 0.6) is 0 Å². The lowest BCUT2D eigenvalue weighted by atomic mass is 10.0. The molecule has 0 spiro atoms.